The highest BCUT2D eigenvalue weighted by molar-refractivity contribution is 7.88. The van der Waals surface area contributed by atoms with E-state index < -0.39 is 10.0 Å². The summed E-state index contributed by atoms with van der Waals surface area (Å²) >= 11 is 0. The van der Waals surface area contributed by atoms with Gasteiger partial charge < -0.3 is 5.32 Å². The molecular weight excluding hydrogens is 318 g/mol. The second-order valence-electron chi connectivity index (χ2n) is 5.49. The average Bonchev–Trinajstić information content (AvgIpc) is 2.92. The van der Waals surface area contributed by atoms with Crippen LogP contribution in [0, 0.1) is 0 Å². The number of aromatic nitrogens is 3. The van der Waals surface area contributed by atoms with Gasteiger partial charge in [-0.1, -0.05) is 35.5 Å². The zero-order valence-corrected chi connectivity index (χ0v) is 13.4. The van der Waals surface area contributed by atoms with Crippen LogP contribution in [0.2, 0.25) is 0 Å². The number of rotatable bonds is 5. The minimum absolute atomic E-state index is 0.0760. The quantitative estimate of drug-likeness (QED) is 0.831. The van der Waals surface area contributed by atoms with E-state index >= 15 is 0 Å². The van der Waals surface area contributed by atoms with E-state index in [2.05, 4.69) is 15.6 Å². The van der Waals surface area contributed by atoms with Crippen LogP contribution in [0.25, 0.3) is 0 Å². The van der Waals surface area contributed by atoms with Crippen LogP contribution in [-0.4, -0.2) is 53.0 Å². The molecule has 0 spiro atoms. The number of nitrogens with zero attached hydrogens (tertiary/aromatic N) is 4. The summed E-state index contributed by atoms with van der Waals surface area (Å²) in [5, 5.41) is 10.5. The summed E-state index contributed by atoms with van der Waals surface area (Å²) in [6, 6.07) is 9.49. The third kappa shape index (κ3) is 3.57. The number of sulfonamides is 1. The maximum Gasteiger partial charge on any atom is 0.273 e. The molecule has 122 valence electrons. The Kier molecular flexibility index (Phi) is 4.14. The Balaban J connectivity index is 1.56. The lowest BCUT2D eigenvalue weighted by Gasteiger charge is -2.36. The molecule has 2 aromatic rings. The lowest BCUT2D eigenvalue weighted by molar-refractivity contribution is 0.0945. The normalized spacial score (nSPS) is 16.0. The molecule has 8 nitrogen and oxygen atoms in total. The maximum absolute atomic E-state index is 12.1. The van der Waals surface area contributed by atoms with E-state index in [0.29, 0.717) is 19.6 Å². The van der Waals surface area contributed by atoms with E-state index in [1.807, 2.05) is 30.3 Å². The summed E-state index contributed by atoms with van der Waals surface area (Å²) in [4.78, 5) is 12.1. The standard InChI is InChI=1S/C14H17N5O3S/c1-23(21,22)18-8-12(9-18)19-10-13(16-17-19)14(20)15-7-11-5-3-2-4-6-11/h2-6,10,12H,7-9H2,1H3,(H,15,20). The second-order valence-corrected chi connectivity index (χ2v) is 7.47. The molecule has 1 aliphatic heterocycles. The molecule has 23 heavy (non-hydrogen) atoms. The Morgan fingerprint density at radius 3 is 2.65 bits per heavy atom. The second kappa shape index (κ2) is 6.09. The lowest BCUT2D eigenvalue weighted by Crippen LogP contribution is -2.50. The number of hydrogen-bond donors (Lipinski definition) is 1. The van der Waals surface area contributed by atoms with Crippen molar-refractivity contribution in [2.24, 2.45) is 0 Å². The van der Waals surface area contributed by atoms with Gasteiger partial charge in [-0.15, -0.1) is 5.10 Å². The van der Waals surface area contributed by atoms with E-state index in [0.717, 1.165) is 5.56 Å². The fraction of sp³-hybridized carbons (Fsp3) is 0.357. The summed E-state index contributed by atoms with van der Waals surface area (Å²) in [6.45, 7) is 1.12. The summed E-state index contributed by atoms with van der Waals surface area (Å²) in [7, 11) is -3.16. The van der Waals surface area contributed by atoms with E-state index in [4.69, 9.17) is 0 Å². The molecule has 3 rings (SSSR count). The van der Waals surface area contributed by atoms with Gasteiger partial charge in [0, 0.05) is 19.6 Å². The van der Waals surface area contributed by atoms with Crippen molar-refractivity contribution in [3.05, 3.63) is 47.8 Å². The molecule has 0 radical (unpaired) electrons. The first-order valence-electron chi connectivity index (χ1n) is 7.12. The summed E-state index contributed by atoms with van der Waals surface area (Å²) in [5.41, 5.74) is 1.22. The first kappa shape index (κ1) is 15.6. The first-order chi connectivity index (χ1) is 10.9. The average molecular weight is 335 g/mol. The van der Waals surface area contributed by atoms with Gasteiger partial charge in [-0.3, -0.25) is 4.79 Å². The van der Waals surface area contributed by atoms with E-state index in [9.17, 15) is 13.2 Å². The Labute approximate surface area is 134 Å². The Hall–Kier alpha value is -2.26. The highest BCUT2D eigenvalue weighted by atomic mass is 32.2. The van der Waals surface area contributed by atoms with Crippen molar-refractivity contribution in [3.63, 3.8) is 0 Å². The Bertz CT molecular complexity index is 797. The fourth-order valence-corrected chi connectivity index (χ4v) is 3.17. The minimum Gasteiger partial charge on any atom is -0.347 e. The van der Waals surface area contributed by atoms with E-state index in [-0.39, 0.29) is 17.6 Å². The molecule has 0 atom stereocenters. The Morgan fingerprint density at radius 2 is 2.00 bits per heavy atom. The molecule has 2 heterocycles. The topological polar surface area (TPSA) is 97.2 Å². The van der Waals surface area contributed by atoms with Gasteiger partial charge in [0.15, 0.2) is 5.69 Å². The molecule has 1 fully saturated rings. The highest BCUT2D eigenvalue weighted by Crippen LogP contribution is 2.22. The van der Waals surface area contributed by atoms with Crippen LogP contribution in [0.15, 0.2) is 36.5 Å². The smallest absolute Gasteiger partial charge is 0.273 e. The number of hydrogen-bond acceptors (Lipinski definition) is 5. The molecule has 1 saturated heterocycles. The zero-order valence-electron chi connectivity index (χ0n) is 12.6. The molecule has 1 aromatic heterocycles. The maximum atomic E-state index is 12.1. The molecule has 0 aliphatic carbocycles. The predicted octanol–water partition coefficient (Wildman–Crippen LogP) is 0.0244. The van der Waals surface area contributed by atoms with Crippen molar-refractivity contribution in [2.75, 3.05) is 19.3 Å². The van der Waals surface area contributed by atoms with Crippen molar-refractivity contribution < 1.29 is 13.2 Å². The molecule has 0 bridgehead atoms. The van der Waals surface area contributed by atoms with Gasteiger partial charge in [0.1, 0.15) is 0 Å². The number of carbonyl (C=O) groups is 1. The number of carbonyl (C=O) groups excluding carboxylic acids is 1. The van der Waals surface area contributed by atoms with Crippen LogP contribution in [0.3, 0.4) is 0 Å². The highest BCUT2D eigenvalue weighted by Gasteiger charge is 2.35. The number of nitrogens with one attached hydrogen (secondary N) is 1. The first-order valence-corrected chi connectivity index (χ1v) is 8.97. The fourth-order valence-electron chi connectivity index (χ4n) is 2.28. The van der Waals surface area contributed by atoms with Gasteiger partial charge in [0.2, 0.25) is 10.0 Å². The van der Waals surface area contributed by atoms with Crippen LogP contribution in [0.5, 0.6) is 0 Å². The molecular formula is C14H17N5O3S. The monoisotopic (exact) mass is 335 g/mol. The van der Waals surface area contributed by atoms with E-state index in [1.165, 1.54) is 10.6 Å². The number of amides is 1. The van der Waals surface area contributed by atoms with Crippen molar-refractivity contribution >= 4 is 15.9 Å². The van der Waals surface area contributed by atoms with Crippen molar-refractivity contribution in [1.82, 2.24) is 24.6 Å². The minimum atomic E-state index is -3.16. The molecule has 9 heteroatoms. The molecule has 0 saturated carbocycles. The molecule has 1 N–H and O–H groups in total. The molecule has 0 unspecified atom stereocenters. The predicted molar refractivity (Wildman–Crippen MR) is 83.1 cm³/mol. The van der Waals surface area contributed by atoms with Crippen molar-refractivity contribution in [1.29, 1.82) is 0 Å². The van der Waals surface area contributed by atoms with Gasteiger partial charge >= 0.3 is 0 Å². The molecule has 1 aromatic carbocycles. The zero-order chi connectivity index (χ0) is 16.4. The van der Waals surface area contributed by atoms with Gasteiger partial charge in [-0.05, 0) is 5.56 Å². The molecule has 1 amide bonds. The van der Waals surface area contributed by atoms with Crippen LogP contribution in [0.4, 0.5) is 0 Å². The third-order valence-corrected chi connectivity index (χ3v) is 4.95. The van der Waals surface area contributed by atoms with Crippen LogP contribution in [-0.2, 0) is 16.6 Å². The summed E-state index contributed by atoms with van der Waals surface area (Å²) < 4.78 is 25.6. The van der Waals surface area contributed by atoms with Crippen molar-refractivity contribution in [3.8, 4) is 0 Å². The number of benzene rings is 1. The van der Waals surface area contributed by atoms with Gasteiger partial charge in [-0.2, -0.15) is 4.31 Å². The lowest BCUT2D eigenvalue weighted by atomic mass is 10.2. The third-order valence-electron chi connectivity index (χ3n) is 3.71. The van der Waals surface area contributed by atoms with Crippen LogP contribution in [0.1, 0.15) is 22.1 Å². The largest absolute Gasteiger partial charge is 0.347 e. The van der Waals surface area contributed by atoms with E-state index in [1.54, 1.807) is 10.9 Å². The van der Waals surface area contributed by atoms with Crippen LogP contribution < -0.4 is 5.32 Å². The summed E-state index contributed by atoms with van der Waals surface area (Å²) in [5.74, 6) is -0.306. The Morgan fingerprint density at radius 1 is 1.30 bits per heavy atom. The van der Waals surface area contributed by atoms with Gasteiger partial charge in [0.25, 0.3) is 5.91 Å². The van der Waals surface area contributed by atoms with Gasteiger partial charge in [0.05, 0.1) is 18.5 Å². The van der Waals surface area contributed by atoms with Gasteiger partial charge in [-0.25, -0.2) is 13.1 Å². The summed E-state index contributed by atoms with van der Waals surface area (Å²) in [6.07, 6.45) is 2.72. The van der Waals surface area contributed by atoms with Crippen LogP contribution >= 0.6 is 0 Å². The molecule has 1 aliphatic rings. The SMILES string of the molecule is CS(=O)(=O)N1CC(n2cc(C(=O)NCc3ccccc3)nn2)C1. The van der Waals surface area contributed by atoms with Crippen molar-refractivity contribution in [2.45, 2.75) is 12.6 Å².